The number of hydrogen-bond acceptors (Lipinski definition) is 1. The van der Waals surface area contributed by atoms with Gasteiger partial charge in [-0.25, -0.2) is 8.78 Å². The lowest BCUT2D eigenvalue weighted by atomic mass is 10.1. The van der Waals surface area contributed by atoms with Gasteiger partial charge in [-0.2, -0.15) is 0 Å². The summed E-state index contributed by atoms with van der Waals surface area (Å²) in [7, 11) is 0. The third-order valence-electron chi connectivity index (χ3n) is 1.92. The van der Waals surface area contributed by atoms with Gasteiger partial charge in [-0.1, -0.05) is 12.1 Å². The van der Waals surface area contributed by atoms with Crippen molar-refractivity contribution >= 4 is 0 Å². The predicted molar refractivity (Wildman–Crippen MR) is 49.6 cm³/mol. The van der Waals surface area contributed by atoms with Crippen LogP contribution in [0, 0.1) is 11.6 Å². The van der Waals surface area contributed by atoms with E-state index in [1.54, 1.807) is 0 Å². The minimum absolute atomic E-state index is 0.335. The molecule has 1 heterocycles. The maximum atomic E-state index is 13.2. The molecule has 3 heteroatoms. The summed E-state index contributed by atoms with van der Waals surface area (Å²) in [6.45, 7) is 0. The summed E-state index contributed by atoms with van der Waals surface area (Å²) < 4.78 is 25.8. The first-order chi connectivity index (χ1) is 6.77. The van der Waals surface area contributed by atoms with Crippen LogP contribution in [0.25, 0.3) is 11.1 Å². The normalized spacial score (nSPS) is 10.1. The number of hydrogen-bond donors (Lipinski definition) is 0. The summed E-state index contributed by atoms with van der Waals surface area (Å²) >= 11 is 0. The molecule has 0 atom stereocenters. The summed E-state index contributed by atoms with van der Waals surface area (Å²) in [5.74, 6) is -0.690. The Morgan fingerprint density at radius 2 is 1.64 bits per heavy atom. The molecule has 0 saturated carbocycles. The first kappa shape index (κ1) is 8.81. The molecule has 0 N–H and O–H groups in total. The van der Waals surface area contributed by atoms with Crippen LogP contribution in [0.1, 0.15) is 0 Å². The maximum Gasteiger partial charge on any atom is 0.134 e. The monoisotopic (exact) mass is 191 g/mol. The predicted octanol–water partition coefficient (Wildman–Crippen LogP) is 3.03. The van der Waals surface area contributed by atoms with Crippen molar-refractivity contribution in [3.63, 3.8) is 0 Å². The van der Waals surface area contributed by atoms with Gasteiger partial charge in [0.05, 0.1) is 0 Å². The molecule has 1 nitrogen and oxygen atoms in total. The smallest absolute Gasteiger partial charge is 0.134 e. The molecule has 2 rings (SSSR count). The van der Waals surface area contributed by atoms with Crippen molar-refractivity contribution in [2.75, 3.05) is 0 Å². The Bertz CT molecular complexity index is 437. The third-order valence-corrected chi connectivity index (χ3v) is 1.92. The first-order valence-corrected chi connectivity index (χ1v) is 4.13. The zero-order valence-electron chi connectivity index (χ0n) is 7.24. The van der Waals surface area contributed by atoms with E-state index >= 15 is 0 Å². The van der Waals surface area contributed by atoms with Crippen molar-refractivity contribution < 1.29 is 8.78 Å². The van der Waals surface area contributed by atoms with E-state index in [0.29, 0.717) is 11.1 Å². The molecule has 14 heavy (non-hydrogen) atoms. The van der Waals surface area contributed by atoms with Gasteiger partial charge in [0.2, 0.25) is 0 Å². The van der Waals surface area contributed by atoms with Gasteiger partial charge in [0.25, 0.3) is 0 Å². The minimum Gasteiger partial charge on any atom is -0.264 e. The number of benzene rings is 1. The molecular weight excluding hydrogens is 184 g/mol. The minimum atomic E-state index is -0.355. The second-order valence-electron chi connectivity index (χ2n) is 2.86. The molecule has 2 aromatic rings. The summed E-state index contributed by atoms with van der Waals surface area (Å²) in [6.07, 6.45) is 2.80. The van der Waals surface area contributed by atoms with Crippen LogP contribution in [-0.4, -0.2) is 4.98 Å². The zero-order valence-corrected chi connectivity index (χ0v) is 7.24. The Hall–Kier alpha value is -1.77. The van der Waals surface area contributed by atoms with Crippen LogP contribution in [-0.2, 0) is 0 Å². The Morgan fingerprint density at radius 1 is 0.929 bits per heavy atom. The van der Waals surface area contributed by atoms with E-state index in [1.165, 1.54) is 42.7 Å². The Kier molecular flexibility index (Phi) is 2.23. The molecule has 0 unspecified atom stereocenters. The van der Waals surface area contributed by atoms with Gasteiger partial charge < -0.3 is 0 Å². The Labute approximate surface area is 80.0 Å². The fourth-order valence-corrected chi connectivity index (χ4v) is 1.22. The van der Waals surface area contributed by atoms with E-state index in [9.17, 15) is 8.78 Å². The van der Waals surface area contributed by atoms with Gasteiger partial charge in [0, 0.05) is 18.0 Å². The van der Waals surface area contributed by atoms with Crippen molar-refractivity contribution in [2.45, 2.75) is 0 Å². The topological polar surface area (TPSA) is 12.9 Å². The lowest BCUT2D eigenvalue weighted by Gasteiger charge is -2.01. The van der Waals surface area contributed by atoms with Crippen LogP contribution in [0.5, 0.6) is 0 Å². The largest absolute Gasteiger partial charge is 0.264 e. The summed E-state index contributed by atoms with van der Waals surface area (Å²) in [4.78, 5) is 3.81. The lowest BCUT2D eigenvalue weighted by molar-refractivity contribution is 0.625. The van der Waals surface area contributed by atoms with E-state index in [-0.39, 0.29) is 11.6 Å². The highest BCUT2D eigenvalue weighted by atomic mass is 19.1. The van der Waals surface area contributed by atoms with Crippen molar-refractivity contribution in [1.29, 1.82) is 0 Å². The quantitative estimate of drug-likeness (QED) is 0.675. The Balaban J connectivity index is 2.50. The molecular formula is C11H7F2N. The van der Waals surface area contributed by atoms with Crippen molar-refractivity contribution in [3.8, 4) is 11.1 Å². The van der Waals surface area contributed by atoms with Gasteiger partial charge >= 0.3 is 0 Å². The molecule has 0 aliphatic rings. The molecule has 0 radical (unpaired) electrons. The molecule has 0 fully saturated rings. The molecule has 0 spiro atoms. The van der Waals surface area contributed by atoms with Crippen LogP contribution in [0.4, 0.5) is 8.78 Å². The second kappa shape index (κ2) is 3.54. The highest BCUT2D eigenvalue weighted by Crippen LogP contribution is 2.21. The molecule has 1 aromatic heterocycles. The molecule has 0 saturated heterocycles. The van der Waals surface area contributed by atoms with E-state index in [2.05, 4.69) is 4.98 Å². The highest BCUT2D eigenvalue weighted by molar-refractivity contribution is 5.62. The van der Waals surface area contributed by atoms with E-state index in [0.717, 1.165) is 0 Å². The van der Waals surface area contributed by atoms with E-state index < -0.39 is 0 Å². The lowest BCUT2D eigenvalue weighted by Crippen LogP contribution is -1.85. The number of halogens is 2. The average Bonchev–Trinajstić information content (AvgIpc) is 2.20. The van der Waals surface area contributed by atoms with Crippen LogP contribution in [0.3, 0.4) is 0 Å². The van der Waals surface area contributed by atoms with Gasteiger partial charge in [-0.15, -0.1) is 0 Å². The van der Waals surface area contributed by atoms with Gasteiger partial charge in [0.15, 0.2) is 0 Å². The number of nitrogens with zero attached hydrogens (tertiary/aromatic N) is 1. The van der Waals surface area contributed by atoms with E-state index in [1.807, 2.05) is 0 Å². The standard InChI is InChI=1S/C11H7F2N/c12-9-3-1-8(2-4-9)10-7-14-6-5-11(10)13/h1-7H. The zero-order chi connectivity index (χ0) is 9.97. The fourth-order valence-electron chi connectivity index (χ4n) is 1.22. The molecule has 0 aliphatic heterocycles. The first-order valence-electron chi connectivity index (χ1n) is 4.13. The summed E-state index contributed by atoms with van der Waals surface area (Å²) in [6, 6.07) is 6.91. The Morgan fingerprint density at radius 3 is 2.29 bits per heavy atom. The number of pyridine rings is 1. The highest BCUT2D eigenvalue weighted by Gasteiger charge is 2.03. The van der Waals surface area contributed by atoms with Crippen molar-refractivity contribution in [2.24, 2.45) is 0 Å². The van der Waals surface area contributed by atoms with Crippen molar-refractivity contribution in [3.05, 3.63) is 54.4 Å². The molecule has 0 aliphatic carbocycles. The fraction of sp³-hybridized carbons (Fsp3) is 0. The maximum absolute atomic E-state index is 13.2. The van der Waals surface area contributed by atoms with Crippen LogP contribution in [0.2, 0.25) is 0 Å². The van der Waals surface area contributed by atoms with Crippen LogP contribution in [0.15, 0.2) is 42.7 Å². The van der Waals surface area contributed by atoms with Crippen LogP contribution >= 0.6 is 0 Å². The summed E-state index contributed by atoms with van der Waals surface area (Å²) in [5.41, 5.74) is 1.00. The number of rotatable bonds is 1. The van der Waals surface area contributed by atoms with Gasteiger partial charge in [-0.05, 0) is 23.8 Å². The summed E-state index contributed by atoms with van der Waals surface area (Å²) in [5, 5.41) is 0. The van der Waals surface area contributed by atoms with Crippen LogP contribution < -0.4 is 0 Å². The van der Waals surface area contributed by atoms with Gasteiger partial charge in [-0.3, -0.25) is 4.98 Å². The number of aromatic nitrogens is 1. The average molecular weight is 191 g/mol. The van der Waals surface area contributed by atoms with E-state index in [4.69, 9.17) is 0 Å². The SMILES string of the molecule is Fc1ccc(-c2cnccc2F)cc1. The van der Waals surface area contributed by atoms with Gasteiger partial charge in [0.1, 0.15) is 11.6 Å². The molecule has 1 aromatic carbocycles. The third kappa shape index (κ3) is 1.62. The molecule has 0 bridgehead atoms. The van der Waals surface area contributed by atoms with Crippen molar-refractivity contribution in [1.82, 2.24) is 4.98 Å². The second-order valence-corrected chi connectivity index (χ2v) is 2.86. The molecule has 70 valence electrons. The molecule has 0 amide bonds.